The third kappa shape index (κ3) is 3.79. The highest BCUT2D eigenvalue weighted by Gasteiger charge is 2.29. The van der Waals surface area contributed by atoms with Crippen molar-refractivity contribution in [2.24, 2.45) is 0 Å². The SMILES string of the molecule is COCCOCCN1Cc2ccccc2C(C(=O)O)C1. The molecule has 1 unspecified atom stereocenters. The number of ether oxygens (including phenoxy) is 2. The van der Waals surface area contributed by atoms with E-state index in [0.717, 1.165) is 24.2 Å². The van der Waals surface area contributed by atoms with Crippen molar-refractivity contribution in [2.75, 3.05) is 40.0 Å². The highest BCUT2D eigenvalue weighted by molar-refractivity contribution is 5.77. The van der Waals surface area contributed by atoms with Gasteiger partial charge in [-0.25, -0.2) is 0 Å². The molecule has 0 fully saturated rings. The molecule has 1 atom stereocenters. The zero-order valence-electron chi connectivity index (χ0n) is 11.7. The van der Waals surface area contributed by atoms with Gasteiger partial charge in [0, 0.05) is 26.7 Å². The average molecular weight is 279 g/mol. The zero-order valence-corrected chi connectivity index (χ0v) is 11.7. The van der Waals surface area contributed by atoms with Crippen molar-refractivity contribution in [1.29, 1.82) is 0 Å². The topological polar surface area (TPSA) is 59.0 Å². The normalized spacial score (nSPS) is 18.8. The Labute approximate surface area is 119 Å². The molecule has 20 heavy (non-hydrogen) atoms. The lowest BCUT2D eigenvalue weighted by molar-refractivity contribution is -0.139. The van der Waals surface area contributed by atoms with E-state index in [-0.39, 0.29) is 0 Å². The summed E-state index contributed by atoms with van der Waals surface area (Å²) < 4.78 is 10.4. The van der Waals surface area contributed by atoms with Gasteiger partial charge in [0.1, 0.15) is 0 Å². The zero-order chi connectivity index (χ0) is 14.4. The van der Waals surface area contributed by atoms with E-state index in [4.69, 9.17) is 9.47 Å². The molecule has 2 rings (SSSR count). The maximum atomic E-state index is 11.4. The monoisotopic (exact) mass is 279 g/mol. The van der Waals surface area contributed by atoms with E-state index in [9.17, 15) is 9.90 Å². The number of carboxylic acids is 1. The van der Waals surface area contributed by atoms with E-state index in [1.807, 2.05) is 24.3 Å². The van der Waals surface area contributed by atoms with Gasteiger partial charge in [0.25, 0.3) is 0 Å². The number of carbonyl (C=O) groups is 1. The molecular formula is C15H21NO4. The molecule has 1 heterocycles. The molecule has 0 spiro atoms. The van der Waals surface area contributed by atoms with Gasteiger partial charge in [0.05, 0.1) is 25.7 Å². The Hall–Kier alpha value is -1.43. The minimum Gasteiger partial charge on any atom is -0.481 e. The van der Waals surface area contributed by atoms with Crippen LogP contribution in [0.2, 0.25) is 0 Å². The largest absolute Gasteiger partial charge is 0.481 e. The lowest BCUT2D eigenvalue weighted by Crippen LogP contribution is -2.38. The van der Waals surface area contributed by atoms with Crippen LogP contribution in [0.25, 0.3) is 0 Å². The van der Waals surface area contributed by atoms with E-state index in [1.54, 1.807) is 7.11 Å². The number of nitrogens with zero attached hydrogens (tertiary/aromatic N) is 1. The average Bonchev–Trinajstić information content (AvgIpc) is 2.46. The lowest BCUT2D eigenvalue weighted by Gasteiger charge is -2.32. The van der Waals surface area contributed by atoms with Gasteiger partial charge in [-0.15, -0.1) is 0 Å². The number of fused-ring (bicyclic) bond motifs is 1. The molecule has 1 aromatic rings. The summed E-state index contributed by atoms with van der Waals surface area (Å²) in [5, 5.41) is 9.37. The molecule has 1 N–H and O–H groups in total. The molecule has 110 valence electrons. The van der Waals surface area contributed by atoms with Crippen LogP contribution in [0.4, 0.5) is 0 Å². The Morgan fingerprint density at radius 3 is 2.90 bits per heavy atom. The molecule has 1 aliphatic heterocycles. The van der Waals surface area contributed by atoms with Crippen LogP contribution >= 0.6 is 0 Å². The van der Waals surface area contributed by atoms with Crippen LogP contribution in [-0.4, -0.2) is 56.0 Å². The minimum absolute atomic E-state index is 0.445. The maximum Gasteiger partial charge on any atom is 0.312 e. The van der Waals surface area contributed by atoms with Gasteiger partial charge in [0.15, 0.2) is 0 Å². The second-order valence-corrected chi connectivity index (χ2v) is 4.93. The molecule has 1 aromatic carbocycles. The smallest absolute Gasteiger partial charge is 0.312 e. The van der Waals surface area contributed by atoms with Crippen LogP contribution in [0, 0.1) is 0 Å². The summed E-state index contributed by atoms with van der Waals surface area (Å²) in [6, 6.07) is 7.78. The van der Waals surface area contributed by atoms with Gasteiger partial charge < -0.3 is 14.6 Å². The van der Waals surface area contributed by atoms with Crippen molar-refractivity contribution >= 4 is 5.97 Å². The van der Waals surface area contributed by atoms with Crippen molar-refractivity contribution in [2.45, 2.75) is 12.5 Å². The molecule has 0 saturated carbocycles. The van der Waals surface area contributed by atoms with Gasteiger partial charge >= 0.3 is 5.97 Å². The van der Waals surface area contributed by atoms with E-state index in [0.29, 0.717) is 26.4 Å². The summed E-state index contributed by atoms with van der Waals surface area (Å²) in [6.45, 7) is 3.82. The highest BCUT2D eigenvalue weighted by atomic mass is 16.5. The van der Waals surface area contributed by atoms with Crippen LogP contribution in [0.5, 0.6) is 0 Å². The number of hydrogen-bond acceptors (Lipinski definition) is 4. The first-order valence-electron chi connectivity index (χ1n) is 6.82. The summed E-state index contributed by atoms with van der Waals surface area (Å²) in [7, 11) is 1.64. The van der Waals surface area contributed by atoms with E-state index in [1.165, 1.54) is 0 Å². The summed E-state index contributed by atoms with van der Waals surface area (Å²) in [6.07, 6.45) is 0. The number of carboxylic acid groups (broad SMARTS) is 1. The summed E-state index contributed by atoms with van der Waals surface area (Å²) in [5.41, 5.74) is 2.04. The van der Waals surface area contributed by atoms with E-state index < -0.39 is 11.9 Å². The van der Waals surface area contributed by atoms with Crippen LogP contribution < -0.4 is 0 Å². The van der Waals surface area contributed by atoms with Gasteiger partial charge in [0.2, 0.25) is 0 Å². The van der Waals surface area contributed by atoms with Crippen molar-refractivity contribution < 1.29 is 19.4 Å². The first-order valence-corrected chi connectivity index (χ1v) is 6.82. The number of rotatable bonds is 7. The van der Waals surface area contributed by atoms with E-state index in [2.05, 4.69) is 4.90 Å². The molecule has 0 amide bonds. The second-order valence-electron chi connectivity index (χ2n) is 4.93. The van der Waals surface area contributed by atoms with Crippen LogP contribution in [0.3, 0.4) is 0 Å². The fourth-order valence-electron chi connectivity index (χ4n) is 2.50. The standard InChI is InChI=1S/C15H21NO4/c1-19-8-9-20-7-6-16-10-12-4-2-3-5-13(12)14(11-16)15(17)18/h2-5,14H,6-11H2,1H3,(H,17,18). The van der Waals surface area contributed by atoms with Crippen molar-refractivity contribution in [3.05, 3.63) is 35.4 Å². The quantitative estimate of drug-likeness (QED) is 0.763. The molecule has 0 radical (unpaired) electrons. The Bertz CT molecular complexity index is 449. The minimum atomic E-state index is -0.762. The van der Waals surface area contributed by atoms with Crippen molar-refractivity contribution in [3.63, 3.8) is 0 Å². The molecule has 0 aromatic heterocycles. The summed E-state index contributed by atoms with van der Waals surface area (Å²) in [5.74, 6) is -1.21. The number of hydrogen-bond donors (Lipinski definition) is 1. The second kappa shape index (κ2) is 7.38. The number of benzene rings is 1. The van der Waals surface area contributed by atoms with Gasteiger partial charge in [-0.3, -0.25) is 9.69 Å². The molecule has 0 bridgehead atoms. The summed E-state index contributed by atoms with van der Waals surface area (Å²) >= 11 is 0. The first-order chi connectivity index (χ1) is 9.72. The van der Waals surface area contributed by atoms with E-state index >= 15 is 0 Å². The molecular weight excluding hydrogens is 258 g/mol. The van der Waals surface area contributed by atoms with Gasteiger partial charge in [-0.1, -0.05) is 24.3 Å². The molecule has 0 aliphatic carbocycles. The number of aliphatic carboxylic acids is 1. The molecule has 0 saturated heterocycles. The third-order valence-electron chi connectivity index (χ3n) is 3.55. The lowest BCUT2D eigenvalue weighted by atomic mass is 9.90. The third-order valence-corrected chi connectivity index (χ3v) is 3.55. The Morgan fingerprint density at radius 2 is 2.15 bits per heavy atom. The summed E-state index contributed by atoms with van der Waals surface area (Å²) in [4.78, 5) is 13.5. The predicted molar refractivity (Wildman–Crippen MR) is 74.8 cm³/mol. The fourth-order valence-corrected chi connectivity index (χ4v) is 2.50. The van der Waals surface area contributed by atoms with Gasteiger partial charge in [-0.05, 0) is 11.1 Å². The van der Waals surface area contributed by atoms with Crippen LogP contribution in [0.15, 0.2) is 24.3 Å². The molecule has 5 heteroatoms. The van der Waals surface area contributed by atoms with Crippen molar-refractivity contribution in [1.82, 2.24) is 4.90 Å². The predicted octanol–water partition coefficient (Wildman–Crippen LogP) is 1.33. The number of methoxy groups -OCH3 is 1. The van der Waals surface area contributed by atoms with Crippen molar-refractivity contribution in [3.8, 4) is 0 Å². The van der Waals surface area contributed by atoms with Gasteiger partial charge in [-0.2, -0.15) is 0 Å². The highest BCUT2D eigenvalue weighted by Crippen LogP contribution is 2.28. The first kappa shape index (κ1) is 15.0. The Balaban J connectivity index is 1.93. The van der Waals surface area contributed by atoms with Crippen LogP contribution in [-0.2, 0) is 20.8 Å². The fraction of sp³-hybridized carbons (Fsp3) is 0.533. The van der Waals surface area contributed by atoms with Crippen LogP contribution in [0.1, 0.15) is 17.0 Å². The molecule has 1 aliphatic rings. The maximum absolute atomic E-state index is 11.4. The Morgan fingerprint density at radius 1 is 1.35 bits per heavy atom. The molecule has 5 nitrogen and oxygen atoms in total. The Kier molecular flexibility index (Phi) is 5.52.